The maximum atomic E-state index is 13.4. The SMILES string of the molecule is COC(=O)c1cc(NC(=O)C2CC(=O)N(c3ccc(F)c(Cl)c3)C2)cc(C(=O)OC)c1. The Balaban J connectivity index is 1.79. The highest BCUT2D eigenvalue weighted by Gasteiger charge is 2.35. The zero-order chi connectivity index (χ0) is 22.7. The minimum absolute atomic E-state index is 0.0470. The Kier molecular flexibility index (Phi) is 6.55. The molecule has 2 amide bonds. The third-order valence-corrected chi connectivity index (χ3v) is 5.04. The summed E-state index contributed by atoms with van der Waals surface area (Å²) in [6.45, 7) is 0.0627. The molecule has 1 heterocycles. The van der Waals surface area contributed by atoms with Gasteiger partial charge in [0.25, 0.3) is 0 Å². The maximum absolute atomic E-state index is 13.4. The fourth-order valence-electron chi connectivity index (χ4n) is 3.20. The molecule has 1 aliphatic heterocycles. The van der Waals surface area contributed by atoms with E-state index in [2.05, 4.69) is 14.8 Å². The lowest BCUT2D eigenvalue weighted by atomic mass is 10.1. The van der Waals surface area contributed by atoms with Crippen LogP contribution >= 0.6 is 11.6 Å². The molecule has 0 saturated carbocycles. The van der Waals surface area contributed by atoms with Crippen molar-refractivity contribution in [2.45, 2.75) is 6.42 Å². The molecular formula is C21H18ClFN2O6. The molecule has 1 N–H and O–H groups in total. The van der Waals surface area contributed by atoms with Gasteiger partial charge in [-0.2, -0.15) is 0 Å². The van der Waals surface area contributed by atoms with Crippen LogP contribution in [0.1, 0.15) is 27.1 Å². The summed E-state index contributed by atoms with van der Waals surface area (Å²) in [5, 5.41) is 2.48. The van der Waals surface area contributed by atoms with E-state index >= 15 is 0 Å². The molecule has 0 aromatic heterocycles. The van der Waals surface area contributed by atoms with Crippen LogP contribution in [0.4, 0.5) is 15.8 Å². The molecule has 1 unspecified atom stereocenters. The number of esters is 2. The van der Waals surface area contributed by atoms with Crippen LogP contribution in [0, 0.1) is 11.7 Å². The average Bonchev–Trinajstić information content (AvgIpc) is 3.16. The summed E-state index contributed by atoms with van der Waals surface area (Å²) in [6, 6.07) is 7.85. The Labute approximate surface area is 181 Å². The van der Waals surface area contributed by atoms with Crippen LogP contribution in [0.5, 0.6) is 0 Å². The van der Waals surface area contributed by atoms with Crippen LogP contribution < -0.4 is 10.2 Å². The molecule has 0 spiro atoms. The Hall–Kier alpha value is -3.46. The van der Waals surface area contributed by atoms with E-state index in [0.29, 0.717) is 5.69 Å². The van der Waals surface area contributed by atoms with E-state index in [0.717, 1.165) is 6.07 Å². The predicted octanol–water partition coefficient (Wildman–Crippen LogP) is 3.04. The molecule has 31 heavy (non-hydrogen) atoms. The van der Waals surface area contributed by atoms with Gasteiger partial charge in [-0.3, -0.25) is 9.59 Å². The van der Waals surface area contributed by atoms with Crippen molar-refractivity contribution in [3.63, 3.8) is 0 Å². The largest absolute Gasteiger partial charge is 0.465 e. The van der Waals surface area contributed by atoms with Crippen LogP contribution in [0.15, 0.2) is 36.4 Å². The summed E-state index contributed by atoms with van der Waals surface area (Å²) in [7, 11) is 2.37. The summed E-state index contributed by atoms with van der Waals surface area (Å²) in [5.74, 6) is -3.52. The van der Waals surface area contributed by atoms with Gasteiger partial charge < -0.3 is 19.7 Å². The van der Waals surface area contributed by atoms with Crippen molar-refractivity contribution in [2.75, 3.05) is 31.0 Å². The molecule has 2 aromatic rings. The minimum Gasteiger partial charge on any atom is -0.465 e. The van der Waals surface area contributed by atoms with Gasteiger partial charge in [0.05, 0.1) is 36.3 Å². The maximum Gasteiger partial charge on any atom is 0.337 e. The molecule has 0 bridgehead atoms. The van der Waals surface area contributed by atoms with Gasteiger partial charge in [0.2, 0.25) is 11.8 Å². The van der Waals surface area contributed by atoms with Crippen LogP contribution in [-0.2, 0) is 19.1 Å². The lowest BCUT2D eigenvalue weighted by Crippen LogP contribution is -2.28. The molecular weight excluding hydrogens is 431 g/mol. The molecule has 0 aliphatic carbocycles. The number of nitrogens with one attached hydrogen (secondary N) is 1. The second-order valence-electron chi connectivity index (χ2n) is 6.78. The first-order chi connectivity index (χ1) is 14.7. The van der Waals surface area contributed by atoms with Crippen LogP contribution in [-0.4, -0.2) is 44.5 Å². The number of benzene rings is 2. The van der Waals surface area contributed by atoms with E-state index in [4.69, 9.17) is 11.6 Å². The Morgan fingerprint density at radius 3 is 2.23 bits per heavy atom. The fraction of sp³-hybridized carbons (Fsp3) is 0.238. The summed E-state index contributed by atoms with van der Waals surface area (Å²) in [4.78, 5) is 50.3. The van der Waals surface area contributed by atoms with Gasteiger partial charge in [0.15, 0.2) is 0 Å². The number of hydrogen-bond donors (Lipinski definition) is 1. The van der Waals surface area contributed by atoms with Crippen molar-refractivity contribution >= 4 is 46.7 Å². The van der Waals surface area contributed by atoms with Crippen molar-refractivity contribution in [1.82, 2.24) is 0 Å². The zero-order valence-electron chi connectivity index (χ0n) is 16.6. The van der Waals surface area contributed by atoms with Crippen LogP contribution in [0.2, 0.25) is 5.02 Å². The second kappa shape index (κ2) is 9.13. The van der Waals surface area contributed by atoms with E-state index in [1.807, 2.05) is 0 Å². The number of methoxy groups -OCH3 is 2. The highest BCUT2D eigenvalue weighted by atomic mass is 35.5. The summed E-state index contributed by atoms with van der Waals surface area (Å²) in [5.41, 5.74) is 0.646. The number of nitrogens with zero attached hydrogens (tertiary/aromatic N) is 1. The molecule has 3 rings (SSSR count). The molecule has 1 fully saturated rings. The van der Waals surface area contributed by atoms with Gasteiger partial charge in [-0.15, -0.1) is 0 Å². The van der Waals surface area contributed by atoms with Gasteiger partial charge in [-0.1, -0.05) is 11.6 Å². The van der Waals surface area contributed by atoms with Gasteiger partial charge in [-0.05, 0) is 36.4 Å². The molecule has 10 heteroatoms. The number of ether oxygens (including phenoxy) is 2. The molecule has 2 aromatic carbocycles. The Morgan fingerprint density at radius 2 is 1.68 bits per heavy atom. The zero-order valence-corrected chi connectivity index (χ0v) is 17.4. The molecule has 162 valence electrons. The first-order valence-electron chi connectivity index (χ1n) is 9.11. The number of carbonyl (C=O) groups excluding carboxylic acids is 4. The highest BCUT2D eigenvalue weighted by Crippen LogP contribution is 2.29. The molecule has 0 radical (unpaired) electrons. The normalized spacial score (nSPS) is 15.5. The van der Waals surface area contributed by atoms with E-state index in [1.165, 1.54) is 49.5 Å². The van der Waals surface area contributed by atoms with E-state index < -0.39 is 29.6 Å². The molecule has 8 nitrogen and oxygen atoms in total. The van der Waals surface area contributed by atoms with Crippen LogP contribution in [0.25, 0.3) is 0 Å². The summed E-state index contributed by atoms with van der Waals surface area (Å²) in [6.07, 6.45) is -0.0681. The quantitative estimate of drug-likeness (QED) is 0.705. The smallest absolute Gasteiger partial charge is 0.337 e. The molecule has 1 aliphatic rings. The standard InChI is InChI=1S/C21H18ClFN2O6/c1-30-20(28)11-5-12(21(29)31-2)7-14(6-11)24-19(27)13-8-18(26)25(10-13)15-3-4-17(23)16(22)9-15/h3-7,9,13H,8,10H2,1-2H3,(H,24,27). The monoisotopic (exact) mass is 448 g/mol. The summed E-state index contributed by atoms with van der Waals surface area (Å²) < 4.78 is 22.7. The van der Waals surface area contributed by atoms with Gasteiger partial charge in [0, 0.05) is 24.3 Å². The fourth-order valence-corrected chi connectivity index (χ4v) is 3.38. The molecule has 1 saturated heterocycles. The third kappa shape index (κ3) is 4.83. The van der Waals surface area contributed by atoms with Crippen molar-refractivity contribution < 1.29 is 33.0 Å². The predicted molar refractivity (Wildman–Crippen MR) is 110 cm³/mol. The number of halogens is 2. The Morgan fingerprint density at radius 1 is 1.06 bits per heavy atom. The lowest BCUT2D eigenvalue weighted by molar-refractivity contribution is -0.122. The van der Waals surface area contributed by atoms with Gasteiger partial charge in [-0.25, -0.2) is 14.0 Å². The van der Waals surface area contributed by atoms with Crippen molar-refractivity contribution in [3.05, 3.63) is 58.4 Å². The molecule has 1 atom stereocenters. The first kappa shape index (κ1) is 22.2. The number of anilines is 2. The van der Waals surface area contributed by atoms with E-state index in [9.17, 15) is 23.6 Å². The van der Waals surface area contributed by atoms with Crippen molar-refractivity contribution in [2.24, 2.45) is 5.92 Å². The van der Waals surface area contributed by atoms with Gasteiger partial charge in [0.1, 0.15) is 5.82 Å². The van der Waals surface area contributed by atoms with E-state index in [1.54, 1.807) is 0 Å². The average molecular weight is 449 g/mol. The number of amides is 2. The first-order valence-corrected chi connectivity index (χ1v) is 9.49. The number of rotatable bonds is 5. The third-order valence-electron chi connectivity index (χ3n) is 4.75. The topological polar surface area (TPSA) is 102 Å². The van der Waals surface area contributed by atoms with Gasteiger partial charge >= 0.3 is 11.9 Å². The van der Waals surface area contributed by atoms with Crippen LogP contribution in [0.3, 0.4) is 0 Å². The van der Waals surface area contributed by atoms with E-state index in [-0.39, 0.29) is 40.7 Å². The lowest BCUT2D eigenvalue weighted by Gasteiger charge is -2.17. The highest BCUT2D eigenvalue weighted by molar-refractivity contribution is 6.31. The van der Waals surface area contributed by atoms with Crippen molar-refractivity contribution in [3.8, 4) is 0 Å². The summed E-state index contributed by atoms with van der Waals surface area (Å²) >= 11 is 5.78. The second-order valence-corrected chi connectivity index (χ2v) is 7.18. The number of carbonyl (C=O) groups is 4. The minimum atomic E-state index is -0.709. The number of hydrogen-bond acceptors (Lipinski definition) is 6. The van der Waals surface area contributed by atoms with Crippen molar-refractivity contribution in [1.29, 1.82) is 0 Å². The Bertz CT molecular complexity index is 1040.